The van der Waals surface area contributed by atoms with E-state index in [4.69, 9.17) is 4.74 Å². The summed E-state index contributed by atoms with van der Waals surface area (Å²) in [5.74, 6) is 0.547. The fourth-order valence-corrected chi connectivity index (χ4v) is 3.27. The van der Waals surface area contributed by atoms with Gasteiger partial charge in [0.1, 0.15) is 5.75 Å². The number of benzene rings is 1. The summed E-state index contributed by atoms with van der Waals surface area (Å²) in [6.45, 7) is 0.809. The number of methoxy groups -OCH3 is 1. The van der Waals surface area contributed by atoms with E-state index in [1.165, 1.54) is 0 Å². The molecule has 1 heterocycles. The van der Waals surface area contributed by atoms with Gasteiger partial charge in [0.2, 0.25) is 0 Å². The van der Waals surface area contributed by atoms with E-state index in [-0.39, 0.29) is 5.91 Å². The maximum atomic E-state index is 12.3. The van der Waals surface area contributed by atoms with Gasteiger partial charge in [-0.3, -0.25) is 4.79 Å². The van der Waals surface area contributed by atoms with Gasteiger partial charge in [0.15, 0.2) is 0 Å². The molecule has 1 N–H and O–H groups in total. The summed E-state index contributed by atoms with van der Waals surface area (Å²) in [6, 6.07) is 7.71. The Hall–Kier alpha value is -1.12. The van der Waals surface area contributed by atoms with Crippen LogP contribution in [0.1, 0.15) is 15.9 Å². The minimum Gasteiger partial charge on any atom is -0.495 e. The molecule has 112 valence electrons. The van der Waals surface area contributed by atoms with Crippen molar-refractivity contribution in [1.29, 1.82) is 0 Å². The molecule has 6 heteroatoms. The van der Waals surface area contributed by atoms with Crippen molar-refractivity contribution in [2.75, 3.05) is 26.5 Å². The molecular weight excluding hydrogens is 399 g/mol. The van der Waals surface area contributed by atoms with Gasteiger partial charge in [-0.15, -0.1) is 11.3 Å². The first kappa shape index (κ1) is 16.3. The molecule has 1 aromatic heterocycles. The number of nitrogens with one attached hydrogen (secondary N) is 1. The van der Waals surface area contributed by atoms with E-state index in [9.17, 15) is 4.79 Å². The zero-order valence-electron chi connectivity index (χ0n) is 12.1. The van der Waals surface area contributed by atoms with E-state index in [1.807, 2.05) is 43.7 Å². The topological polar surface area (TPSA) is 41.6 Å². The van der Waals surface area contributed by atoms with Crippen LogP contribution in [-0.4, -0.2) is 32.0 Å². The van der Waals surface area contributed by atoms with Gasteiger partial charge in [-0.2, -0.15) is 0 Å². The second kappa shape index (κ2) is 7.24. The highest BCUT2D eigenvalue weighted by atomic mass is 127. The van der Waals surface area contributed by atoms with E-state index < -0.39 is 0 Å². The third-order valence-electron chi connectivity index (χ3n) is 2.84. The first-order valence-corrected chi connectivity index (χ1v) is 8.32. The molecule has 0 aliphatic heterocycles. The van der Waals surface area contributed by atoms with Gasteiger partial charge in [-0.25, -0.2) is 0 Å². The third-order valence-corrected chi connectivity index (χ3v) is 4.63. The van der Waals surface area contributed by atoms with Gasteiger partial charge in [0.05, 0.1) is 21.2 Å². The molecule has 1 aromatic carbocycles. The van der Waals surface area contributed by atoms with Crippen LogP contribution >= 0.6 is 33.9 Å². The Morgan fingerprint density at radius 3 is 2.71 bits per heavy atom. The molecule has 4 nitrogen and oxygen atoms in total. The largest absolute Gasteiger partial charge is 0.495 e. The molecule has 21 heavy (non-hydrogen) atoms. The van der Waals surface area contributed by atoms with Gasteiger partial charge in [0, 0.05) is 11.9 Å². The molecule has 0 spiro atoms. The highest BCUT2D eigenvalue weighted by Crippen LogP contribution is 2.27. The van der Waals surface area contributed by atoms with Gasteiger partial charge in [0.25, 0.3) is 5.91 Å². The Balaban J connectivity index is 2.22. The lowest BCUT2D eigenvalue weighted by molar-refractivity contribution is 0.102. The first-order valence-electron chi connectivity index (χ1n) is 6.36. The molecule has 0 aliphatic rings. The van der Waals surface area contributed by atoms with Crippen LogP contribution in [0.2, 0.25) is 0 Å². The Morgan fingerprint density at radius 2 is 2.14 bits per heavy atom. The molecule has 0 aliphatic carbocycles. The Kier molecular flexibility index (Phi) is 5.60. The van der Waals surface area contributed by atoms with E-state index in [0.717, 1.165) is 15.0 Å². The SMILES string of the molecule is COc1ccc(CN(C)C)cc1NC(=O)c1csc(I)c1. The summed E-state index contributed by atoms with van der Waals surface area (Å²) in [5.41, 5.74) is 2.49. The smallest absolute Gasteiger partial charge is 0.256 e. The van der Waals surface area contributed by atoms with Crippen molar-refractivity contribution in [2.24, 2.45) is 0 Å². The first-order chi connectivity index (χ1) is 9.99. The number of halogens is 1. The average molecular weight is 416 g/mol. The Morgan fingerprint density at radius 1 is 1.38 bits per heavy atom. The molecule has 0 saturated heterocycles. The number of anilines is 1. The number of ether oxygens (including phenoxy) is 1. The maximum absolute atomic E-state index is 12.3. The van der Waals surface area contributed by atoms with Crippen LogP contribution in [0.3, 0.4) is 0 Å². The summed E-state index contributed by atoms with van der Waals surface area (Å²) >= 11 is 3.76. The van der Waals surface area contributed by atoms with Crippen molar-refractivity contribution < 1.29 is 9.53 Å². The number of carbonyl (C=O) groups is 1. The van der Waals surface area contributed by atoms with Crippen LogP contribution in [0.15, 0.2) is 29.6 Å². The van der Waals surface area contributed by atoms with Gasteiger partial charge < -0.3 is 15.0 Å². The molecule has 0 radical (unpaired) electrons. The van der Waals surface area contributed by atoms with E-state index in [2.05, 4.69) is 32.8 Å². The summed E-state index contributed by atoms with van der Waals surface area (Å²) in [4.78, 5) is 14.3. The van der Waals surface area contributed by atoms with Crippen LogP contribution in [-0.2, 0) is 6.54 Å². The van der Waals surface area contributed by atoms with Crippen molar-refractivity contribution in [1.82, 2.24) is 4.90 Å². The number of nitrogens with zero attached hydrogens (tertiary/aromatic N) is 1. The van der Waals surface area contributed by atoms with E-state index in [0.29, 0.717) is 17.0 Å². The monoisotopic (exact) mass is 416 g/mol. The number of hydrogen-bond acceptors (Lipinski definition) is 4. The van der Waals surface area contributed by atoms with Crippen LogP contribution in [0.5, 0.6) is 5.75 Å². The Labute approximate surface area is 142 Å². The normalized spacial score (nSPS) is 10.7. The lowest BCUT2D eigenvalue weighted by atomic mass is 10.1. The minimum atomic E-state index is -0.116. The minimum absolute atomic E-state index is 0.116. The molecule has 0 unspecified atom stereocenters. The third kappa shape index (κ3) is 4.42. The lowest BCUT2D eigenvalue weighted by Gasteiger charge is -2.14. The molecule has 1 amide bonds. The van der Waals surface area contributed by atoms with Crippen LogP contribution in [0.25, 0.3) is 0 Å². The fourth-order valence-electron chi connectivity index (χ4n) is 1.94. The predicted molar refractivity (Wildman–Crippen MR) is 95.4 cm³/mol. The van der Waals surface area contributed by atoms with E-state index in [1.54, 1.807) is 18.4 Å². The quantitative estimate of drug-likeness (QED) is 0.757. The second-order valence-electron chi connectivity index (χ2n) is 4.87. The predicted octanol–water partition coefficient (Wildman–Crippen LogP) is 3.68. The fraction of sp³-hybridized carbons (Fsp3) is 0.267. The van der Waals surface area contributed by atoms with Crippen molar-refractivity contribution in [3.05, 3.63) is 43.7 Å². The van der Waals surface area contributed by atoms with Gasteiger partial charge >= 0.3 is 0 Å². The summed E-state index contributed by atoms with van der Waals surface area (Å²) in [6.07, 6.45) is 0. The molecular formula is C15H17IN2O2S. The van der Waals surface area contributed by atoms with Crippen molar-refractivity contribution in [2.45, 2.75) is 6.54 Å². The molecule has 0 saturated carbocycles. The maximum Gasteiger partial charge on any atom is 0.256 e. The molecule has 2 rings (SSSR count). The molecule has 2 aromatic rings. The Bertz CT molecular complexity index is 640. The highest BCUT2D eigenvalue weighted by Gasteiger charge is 2.12. The van der Waals surface area contributed by atoms with Crippen LogP contribution < -0.4 is 10.1 Å². The second-order valence-corrected chi connectivity index (χ2v) is 7.67. The van der Waals surface area contributed by atoms with Gasteiger partial charge in [-0.05, 0) is 60.4 Å². The van der Waals surface area contributed by atoms with Crippen molar-refractivity contribution in [3.8, 4) is 5.75 Å². The number of hydrogen-bond donors (Lipinski definition) is 1. The van der Waals surface area contributed by atoms with Crippen LogP contribution in [0.4, 0.5) is 5.69 Å². The number of carbonyl (C=O) groups excluding carboxylic acids is 1. The zero-order chi connectivity index (χ0) is 15.4. The summed E-state index contributed by atoms with van der Waals surface area (Å²) in [5, 5.41) is 4.78. The van der Waals surface area contributed by atoms with Crippen LogP contribution in [0, 0.1) is 2.88 Å². The highest BCUT2D eigenvalue weighted by molar-refractivity contribution is 14.1. The standard InChI is InChI=1S/C15H17IN2O2S/c1-18(2)8-10-4-5-13(20-3)12(6-10)17-15(19)11-7-14(16)21-9-11/h4-7,9H,8H2,1-3H3,(H,17,19). The summed E-state index contributed by atoms with van der Waals surface area (Å²) < 4.78 is 6.41. The lowest BCUT2D eigenvalue weighted by Crippen LogP contribution is -2.14. The molecule has 0 bridgehead atoms. The molecule has 0 atom stereocenters. The number of rotatable bonds is 5. The van der Waals surface area contributed by atoms with Crippen molar-refractivity contribution >= 4 is 45.5 Å². The van der Waals surface area contributed by atoms with Gasteiger partial charge in [-0.1, -0.05) is 6.07 Å². The van der Waals surface area contributed by atoms with Crippen molar-refractivity contribution in [3.63, 3.8) is 0 Å². The number of thiophene rings is 1. The average Bonchev–Trinajstić information content (AvgIpc) is 2.85. The summed E-state index contributed by atoms with van der Waals surface area (Å²) in [7, 11) is 5.62. The van der Waals surface area contributed by atoms with E-state index >= 15 is 0 Å². The molecule has 0 fully saturated rings. The number of amides is 1. The zero-order valence-corrected chi connectivity index (χ0v) is 15.1.